The maximum atomic E-state index is 11.9. The second kappa shape index (κ2) is 6.80. The lowest BCUT2D eigenvalue weighted by Gasteiger charge is -2.11. The first-order chi connectivity index (χ1) is 10.5. The van der Waals surface area contributed by atoms with Crippen molar-refractivity contribution >= 4 is 17.6 Å². The van der Waals surface area contributed by atoms with Crippen molar-refractivity contribution in [2.75, 3.05) is 19.0 Å². The lowest BCUT2D eigenvalue weighted by molar-refractivity contribution is -0.119. The summed E-state index contributed by atoms with van der Waals surface area (Å²) in [4.78, 5) is 23.7. The van der Waals surface area contributed by atoms with Gasteiger partial charge in [0.05, 0.1) is 19.1 Å². The summed E-state index contributed by atoms with van der Waals surface area (Å²) in [5.41, 5.74) is 1.81. The highest BCUT2D eigenvalue weighted by molar-refractivity contribution is 5.96. The van der Waals surface area contributed by atoms with E-state index in [2.05, 4.69) is 5.32 Å². The molecule has 0 aliphatic rings. The second-order valence-electron chi connectivity index (χ2n) is 4.72. The highest BCUT2D eigenvalue weighted by atomic mass is 16.5. The predicted octanol–water partition coefficient (Wildman–Crippen LogP) is 2.70. The van der Waals surface area contributed by atoms with Crippen molar-refractivity contribution in [2.45, 2.75) is 13.8 Å². The number of ether oxygens (including phenoxy) is 2. The number of benzene rings is 1. The Hall–Kier alpha value is -2.76. The average molecular weight is 303 g/mol. The molecule has 1 heterocycles. The van der Waals surface area contributed by atoms with Crippen LogP contribution in [-0.2, 0) is 9.53 Å². The number of hydrogen-bond donors (Lipinski definition) is 1. The number of carbonyl (C=O) groups is 2. The number of amides is 1. The molecule has 0 radical (unpaired) electrons. The van der Waals surface area contributed by atoms with Gasteiger partial charge < -0.3 is 19.2 Å². The molecule has 0 saturated heterocycles. The Kier molecular flexibility index (Phi) is 4.83. The number of methoxy groups -OCH3 is 1. The van der Waals surface area contributed by atoms with Crippen LogP contribution < -0.4 is 10.1 Å². The molecule has 6 nitrogen and oxygen atoms in total. The number of anilines is 1. The molecule has 1 aromatic carbocycles. The molecule has 6 heteroatoms. The van der Waals surface area contributed by atoms with Crippen molar-refractivity contribution in [3.63, 3.8) is 0 Å². The van der Waals surface area contributed by atoms with Gasteiger partial charge in [-0.25, -0.2) is 4.79 Å². The van der Waals surface area contributed by atoms with Crippen LogP contribution in [0.2, 0.25) is 0 Å². The highest BCUT2D eigenvalue weighted by Crippen LogP contribution is 2.25. The lowest BCUT2D eigenvalue weighted by Crippen LogP contribution is -2.21. The van der Waals surface area contributed by atoms with Crippen molar-refractivity contribution in [3.8, 4) is 5.75 Å². The third-order valence-corrected chi connectivity index (χ3v) is 3.04. The molecule has 0 aliphatic carbocycles. The van der Waals surface area contributed by atoms with E-state index in [1.165, 1.54) is 19.4 Å². The predicted molar refractivity (Wildman–Crippen MR) is 80.1 cm³/mol. The lowest BCUT2D eigenvalue weighted by atomic mass is 10.2. The molecular weight excluding hydrogens is 286 g/mol. The van der Waals surface area contributed by atoms with Crippen LogP contribution in [0, 0.1) is 13.8 Å². The van der Waals surface area contributed by atoms with E-state index in [-0.39, 0.29) is 6.61 Å². The summed E-state index contributed by atoms with van der Waals surface area (Å²) >= 11 is 0. The Bertz CT molecular complexity index is 690. The summed E-state index contributed by atoms with van der Waals surface area (Å²) in [5.74, 6) is -0.0577. The van der Waals surface area contributed by atoms with E-state index in [0.717, 1.165) is 5.56 Å². The number of furan rings is 1. The Morgan fingerprint density at radius 3 is 2.64 bits per heavy atom. The first-order valence-corrected chi connectivity index (χ1v) is 6.67. The van der Waals surface area contributed by atoms with Gasteiger partial charge in [-0.1, -0.05) is 6.07 Å². The summed E-state index contributed by atoms with van der Waals surface area (Å²) in [6.07, 6.45) is 1.39. The minimum absolute atomic E-state index is 0.306. The van der Waals surface area contributed by atoms with Crippen LogP contribution in [0.15, 0.2) is 34.9 Å². The smallest absolute Gasteiger partial charge is 0.342 e. The van der Waals surface area contributed by atoms with Gasteiger partial charge in [-0.15, -0.1) is 0 Å². The first-order valence-electron chi connectivity index (χ1n) is 6.67. The molecule has 116 valence electrons. The minimum atomic E-state index is -0.599. The van der Waals surface area contributed by atoms with E-state index < -0.39 is 11.9 Å². The van der Waals surface area contributed by atoms with Crippen LogP contribution in [0.1, 0.15) is 21.7 Å². The van der Waals surface area contributed by atoms with Crippen LogP contribution in [0.5, 0.6) is 5.75 Å². The van der Waals surface area contributed by atoms with Crippen molar-refractivity contribution < 1.29 is 23.5 Å². The van der Waals surface area contributed by atoms with E-state index >= 15 is 0 Å². The molecule has 22 heavy (non-hydrogen) atoms. The van der Waals surface area contributed by atoms with E-state index in [9.17, 15) is 9.59 Å². The van der Waals surface area contributed by atoms with Crippen molar-refractivity contribution in [3.05, 3.63) is 47.4 Å². The Morgan fingerprint density at radius 2 is 2.00 bits per heavy atom. The van der Waals surface area contributed by atoms with E-state index in [0.29, 0.717) is 22.8 Å². The van der Waals surface area contributed by atoms with Crippen LogP contribution >= 0.6 is 0 Å². The van der Waals surface area contributed by atoms with Crippen LogP contribution in [0.3, 0.4) is 0 Å². The van der Waals surface area contributed by atoms with Crippen molar-refractivity contribution in [1.82, 2.24) is 0 Å². The van der Waals surface area contributed by atoms with Gasteiger partial charge in [0.25, 0.3) is 5.91 Å². The van der Waals surface area contributed by atoms with Gasteiger partial charge in [0.2, 0.25) is 0 Å². The first kappa shape index (κ1) is 15.6. The summed E-state index contributed by atoms with van der Waals surface area (Å²) in [6.45, 7) is 3.16. The zero-order valence-electron chi connectivity index (χ0n) is 12.6. The highest BCUT2D eigenvalue weighted by Gasteiger charge is 2.15. The molecule has 2 aromatic rings. The van der Waals surface area contributed by atoms with Gasteiger partial charge in [0.1, 0.15) is 17.1 Å². The maximum Gasteiger partial charge on any atom is 0.342 e. The molecular formula is C16H17NO5. The SMILES string of the molecule is COc1ccc(C)cc1NC(=O)COC(=O)c1ccoc1C. The Morgan fingerprint density at radius 1 is 1.23 bits per heavy atom. The summed E-state index contributed by atoms with van der Waals surface area (Å²) in [7, 11) is 1.52. The molecule has 0 atom stereocenters. The van der Waals surface area contributed by atoms with Crippen molar-refractivity contribution in [1.29, 1.82) is 0 Å². The third kappa shape index (κ3) is 3.66. The topological polar surface area (TPSA) is 77.8 Å². The Balaban J connectivity index is 1.95. The molecule has 0 bridgehead atoms. The molecule has 1 N–H and O–H groups in total. The standard InChI is InChI=1S/C16H17NO5/c1-10-4-5-14(20-3)13(8-10)17-15(18)9-22-16(19)12-6-7-21-11(12)2/h4-8H,9H2,1-3H3,(H,17,18). The number of carbonyl (C=O) groups excluding carboxylic acids is 2. The maximum absolute atomic E-state index is 11.9. The zero-order chi connectivity index (χ0) is 16.1. The molecule has 1 amide bonds. The summed E-state index contributed by atoms with van der Waals surface area (Å²) < 4.78 is 15.1. The van der Waals surface area contributed by atoms with Crippen LogP contribution in [0.25, 0.3) is 0 Å². The number of nitrogens with one attached hydrogen (secondary N) is 1. The van der Waals surface area contributed by atoms with Gasteiger partial charge >= 0.3 is 5.97 Å². The number of rotatable bonds is 5. The molecule has 0 unspecified atom stereocenters. The van der Waals surface area contributed by atoms with Gasteiger partial charge in [-0.3, -0.25) is 4.79 Å². The molecule has 1 aromatic heterocycles. The molecule has 2 rings (SSSR count). The largest absolute Gasteiger partial charge is 0.495 e. The van der Waals surface area contributed by atoms with Crippen molar-refractivity contribution in [2.24, 2.45) is 0 Å². The van der Waals surface area contributed by atoms with E-state index in [1.807, 2.05) is 13.0 Å². The number of aryl methyl sites for hydroxylation is 2. The van der Waals surface area contributed by atoms with Crippen LogP contribution in [-0.4, -0.2) is 25.6 Å². The normalized spacial score (nSPS) is 10.1. The molecule has 0 aliphatic heterocycles. The molecule has 0 fully saturated rings. The van der Waals surface area contributed by atoms with E-state index in [4.69, 9.17) is 13.9 Å². The van der Waals surface area contributed by atoms with Crippen LogP contribution in [0.4, 0.5) is 5.69 Å². The minimum Gasteiger partial charge on any atom is -0.495 e. The molecule has 0 saturated carbocycles. The fourth-order valence-electron chi connectivity index (χ4n) is 1.91. The third-order valence-electron chi connectivity index (χ3n) is 3.04. The summed E-state index contributed by atoms with van der Waals surface area (Å²) in [6, 6.07) is 6.90. The monoisotopic (exact) mass is 303 g/mol. The quantitative estimate of drug-likeness (QED) is 0.859. The van der Waals surface area contributed by atoms with Gasteiger partial charge in [-0.05, 0) is 37.6 Å². The van der Waals surface area contributed by atoms with E-state index in [1.54, 1.807) is 19.1 Å². The zero-order valence-corrected chi connectivity index (χ0v) is 12.6. The van der Waals surface area contributed by atoms with Gasteiger partial charge in [0.15, 0.2) is 6.61 Å². The fourth-order valence-corrected chi connectivity index (χ4v) is 1.91. The fraction of sp³-hybridized carbons (Fsp3) is 0.250. The van der Waals surface area contributed by atoms with Gasteiger partial charge in [-0.2, -0.15) is 0 Å². The average Bonchev–Trinajstić information content (AvgIpc) is 2.91. The number of hydrogen-bond acceptors (Lipinski definition) is 5. The van der Waals surface area contributed by atoms with Gasteiger partial charge in [0, 0.05) is 0 Å². The summed E-state index contributed by atoms with van der Waals surface area (Å²) in [5, 5.41) is 2.65. The Labute approximate surface area is 128 Å². The second-order valence-corrected chi connectivity index (χ2v) is 4.72. The number of esters is 1. The molecule has 0 spiro atoms.